The highest BCUT2D eigenvalue weighted by Gasteiger charge is 2.08. The Morgan fingerprint density at radius 2 is 1.88 bits per heavy atom. The molecule has 0 bridgehead atoms. The molecule has 0 aromatic heterocycles. The zero-order valence-corrected chi connectivity index (χ0v) is 11.0. The lowest BCUT2D eigenvalue weighted by molar-refractivity contribution is -0.146. The van der Waals surface area contributed by atoms with Crippen LogP contribution >= 0.6 is 0 Å². The maximum Gasteiger partial charge on any atom is 0.302 e. The number of esters is 1. The monoisotopic (exact) mass is 226 g/mol. The first kappa shape index (κ1) is 15.2. The fourth-order valence-corrected chi connectivity index (χ4v) is 1.58. The van der Waals surface area contributed by atoms with E-state index in [4.69, 9.17) is 4.74 Å². The van der Waals surface area contributed by atoms with Crippen molar-refractivity contribution in [3.63, 3.8) is 0 Å². The fraction of sp³-hybridized carbons (Fsp3) is 0.786. The Bertz CT molecular complexity index is 197. The lowest BCUT2D eigenvalue weighted by atomic mass is 10.1. The summed E-state index contributed by atoms with van der Waals surface area (Å²) in [6.45, 7) is 5.83. The fourth-order valence-electron chi connectivity index (χ4n) is 1.58. The van der Waals surface area contributed by atoms with Crippen LogP contribution in [0.2, 0.25) is 0 Å². The summed E-state index contributed by atoms with van der Waals surface area (Å²) in [5.41, 5.74) is 0. The zero-order chi connectivity index (χ0) is 12.2. The summed E-state index contributed by atoms with van der Waals surface area (Å²) >= 11 is 0. The van der Waals surface area contributed by atoms with Crippen LogP contribution in [0.15, 0.2) is 12.2 Å². The van der Waals surface area contributed by atoms with Gasteiger partial charge in [0.05, 0.1) is 0 Å². The zero-order valence-electron chi connectivity index (χ0n) is 11.0. The number of carbonyl (C=O) groups excluding carboxylic acids is 1. The predicted molar refractivity (Wildman–Crippen MR) is 68.4 cm³/mol. The van der Waals surface area contributed by atoms with Crippen molar-refractivity contribution in [3.05, 3.63) is 12.2 Å². The number of allylic oxidation sites excluding steroid dienone is 1. The highest BCUT2D eigenvalue weighted by atomic mass is 16.5. The molecule has 0 radical (unpaired) electrons. The van der Waals surface area contributed by atoms with E-state index in [1.807, 2.05) is 0 Å². The van der Waals surface area contributed by atoms with Crippen molar-refractivity contribution in [2.45, 2.75) is 71.8 Å². The van der Waals surface area contributed by atoms with Crippen molar-refractivity contribution < 1.29 is 9.53 Å². The highest BCUT2D eigenvalue weighted by molar-refractivity contribution is 5.66. The summed E-state index contributed by atoms with van der Waals surface area (Å²) in [6, 6.07) is 0. The minimum atomic E-state index is -0.164. The molecule has 0 aliphatic rings. The van der Waals surface area contributed by atoms with Gasteiger partial charge in [-0.25, -0.2) is 0 Å². The largest absolute Gasteiger partial charge is 0.462 e. The second kappa shape index (κ2) is 10.7. The lowest BCUT2D eigenvalue weighted by Crippen LogP contribution is -2.15. The number of unbranched alkanes of at least 4 members (excludes halogenated alkanes) is 3. The number of rotatable bonds is 9. The Balaban J connectivity index is 3.80. The maximum atomic E-state index is 10.9. The molecule has 0 aliphatic heterocycles. The Morgan fingerprint density at radius 1 is 1.19 bits per heavy atom. The normalized spacial score (nSPS) is 12.9. The summed E-state index contributed by atoms with van der Waals surface area (Å²) in [6.07, 6.45) is 12.2. The Kier molecular flexibility index (Phi) is 10.2. The van der Waals surface area contributed by atoms with Crippen molar-refractivity contribution in [3.8, 4) is 0 Å². The third-order valence-electron chi connectivity index (χ3n) is 2.50. The maximum absolute atomic E-state index is 10.9. The molecule has 0 spiro atoms. The molecule has 0 aromatic rings. The average Bonchev–Trinajstić information content (AvgIpc) is 2.24. The van der Waals surface area contributed by atoms with E-state index in [2.05, 4.69) is 26.0 Å². The molecule has 0 amide bonds. The second-order valence-corrected chi connectivity index (χ2v) is 4.22. The van der Waals surface area contributed by atoms with Crippen molar-refractivity contribution in [2.75, 3.05) is 0 Å². The third kappa shape index (κ3) is 9.75. The van der Waals surface area contributed by atoms with Gasteiger partial charge in [0.15, 0.2) is 0 Å². The molecule has 1 unspecified atom stereocenters. The summed E-state index contributed by atoms with van der Waals surface area (Å²) in [5, 5.41) is 0. The molecular formula is C14H26O2. The molecule has 0 N–H and O–H groups in total. The summed E-state index contributed by atoms with van der Waals surface area (Å²) in [5.74, 6) is -0.164. The molecule has 16 heavy (non-hydrogen) atoms. The lowest BCUT2D eigenvalue weighted by Gasteiger charge is -2.14. The number of carbonyl (C=O) groups is 1. The second-order valence-electron chi connectivity index (χ2n) is 4.22. The van der Waals surface area contributed by atoms with E-state index in [1.165, 1.54) is 19.8 Å². The van der Waals surface area contributed by atoms with E-state index in [0.29, 0.717) is 0 Å². The van der Waals surface area contributed by atoms with Crippen LogP contribution in [0.4, 0.5) is 0 Å². The highest BCUT2D eigenvalue weighted by Crippen LogP contribution is 2.10. The van der Waals surface area contributed by atoms with E-state index in [9.17, 15) is 4.79 Å². The molecule has 94 valence electrons. The SMILES string of the molecule is CCCCC=CCC(CCCC)OC(C)=O. The first-order valence-corrected chi connectivity index (χ1v) is 6.52. The minimum absolute atomic E-state index is 0.0790. The van der Waals surface area contributed by atoms with Crippen LogP contribution in [-0.4, -0.2) is 12.1 Å². The van der Waals surface area contributed by atoms with E-state index < -0.39 is 0 Å². The van der Waals surface area contributed by atoms with Gasteiger partial charge < -0.3 is 4.74 Å². The van der Waals surface area contributed by atoms with E-state index in [0.717, 1.165) is 32.1 Å². The van der Waals surface area contributed by atoms with Crippen molar-refractivity contribution >= 4 is 5.97 Å². The van der Waals surface area contributed by atoms with E-state index in [-0.39, 0.29) is 12.1 Å². The van der Waals surface area contributed by atoms with Crippen molar-refractivity contribution in [1.82, 2.24) is 0 Å². The molecule has 2 nitrogen and oxygen atoms in total. The van der Waals surface area contributed by atoms with Gasteiger partial charge in [-0.15, -0.1) is 0 Å². The number of ether oxygens (including phenoxy) is 1. The first-order valence-electron chi connectivity index (χ1n) is 6.52. The van der Waals surface area contributed by atoms with Crippen LogP contribution in [-0.2, 0) is 9.53 Å². The molecule has 0 heterocycles. The van der Waals surface area contributed by atoms with Crippen molar-refractivity contribution in [2.24, 2.45) is 0 Å². The first-order chi connectivity index (χ1) is 7.70. The van der Waals surface area contributed by atoms with Gasteiger partial charge in [-0.2, -0.15) is 0 Å². The Hall–Kier alpha value is -0.790. The van der Waals surface area contributed by atoms with Gasteiger partial charge in [-0.05, 0) is 12.8 Å². The number of hydrogen-bond donors (Lipinski definition) is 0. The van der Waals surface area contributed by atoms with Gasteiger partial charge in [0, 0.05) is 13.3 Å². The molecule has 1 atom stereocenters. The molecule has 0 aliphatic carbocycles. The van der Waals surface area contributed by atoms with Gasteiger partial charge in [-0.3, -0.25) is 4.79 Å². The molecule has 0 fully saturated rings. The summed E-state index contributed by atoms with van der Waals surface area (Å²) in [4.78, 5) is 10.9. The predicted octanol–water partition coefficient (Wildman–Crippen LogP) is 4.24. The molecule has 0 rings (SSSR count). The summed E-state index contributed by atoms with van der Waals surface area (Å²) < 4.78 is 5.27. The molecule has 0 aromatic carbocycles. The molecule has 0 saturated heterocycles. The van der Waals surface area contributed by atoms with Crippen LogP contribution in [0.25, 0.3) is 0 Å². The van der Waals surface area contributed by atoms with Crippen LogP contribution in [0.5, 0.6) is 0 Å². The van der Waals surface area contributed by atoms with E-state index >= 15 is 0 Å². The summed E-state index contributed by atoms with van der Waals surface area (Å²) in [7, 11) is 0. The van der Waals surface area contributed by atoms with Crippen LogP contribution in [0, 0.1) is 0 Å². The Morgan fingerprint density at radius 3 is 2.44 bits per heavy atom. The van der Waals surface area contributed by atoms with Crippen LogP contribution < -0.4 is 0 Å². The van der Waals surface area contributed by atoms with Gasteiger partial charge in [-0.1, -0.05) is 51.7 Å². The van der Waals surface area contributed by atoms with Crippen LogP contribution in [0.1, 0.15) is 65.7 Å². The average molecular weight is 226 g/mol. The van der Waals surface area contributed by atoms with Crippen LogP contribution in [0.3, 0.4) is 0 Å². The van der Waals surface area contributed by atoms with E-state index in [1.54, 1.807) is 0 Å². The minimum Gasteiger partial charge on any atom is -0.462 e. The molecular weight excluding hydrogens is 200 g/mol. The standard InChI is InChI=1S/C14H26O2/c1-4-6-8-9-10-12-14(11-7-5-2)16-13(3)15/h9-10,14H,4-8,11-12H2,1-3H3. The van der Waals surface area contributed by atoms with Gasteiger partial charge in [0.1, 0.15) is 6.10 Å². The van der Waals surface area contributed by atoms with Gasteiger partial charge in [0.25, 0.3) is 0 Å². The topological polar surface area (TPSA) is 26.3 Å². The smallest absolute Gasteiger partial charge is 0.302 e. The van der Waals surface area contributed by atoms with Gasteiger partial charge in [0.2, 0.25) is 0 Å². The third-order valence-corrected chi connectivity index (χ3v) is 2.50. The number of hydrogen-bond acceptors (Lipinski definition) is 2. The molecule has 2 heteroatoms. The van der Waals surface area contributed by atoms with Crippen molar-refractivity contribution in [1.29, 1.82) is 0 Å². The quantitative estimate of drug-likeness (QED) is 0.334. The van der Waals surface area contributed by atoms with Gasteiger partial charge >= 0.3 is 5.97 Å². The molecule has 0 saturated carbocycles. The Labute approximate surface area is 100 Å².